The summed E-state index contributed by atoms with van der Waals surface area (Å²) in [7, 11) is 0. The van der Waals surface area contributed by atoms with Crippen LogP contribution in [0.2, 0.25) is 0 Å². The van der Waals surface area contributed by atoms with Gasteiger partial charge >= 0.3 is 0 Å². The largest absolute Gasteiger partial charge is 0.317 e. The summed E-state index contributed by atoms with van der Waals surface area (Å²) < 4.78 is 0. The van der Waals surface area contributed by atoms with Crippen molar-refractivity contribution < 1.29 is 0 Å². The summed E-state index contributed by atoms with van der Waals surface area (Å²) in [5.74, 6) is 0. The average Bonchev–Trinajstić information content (AvgIpc) is 2.37. The van der Waals surface area contributed by atoms with Gasteiger partial charge in [0.25, 0.3) is 0 Å². The molecule has 0 aliphatic rings. The maximum absolute atomic E-state index is 3.28. The lowest BCUT2D eigenvalue weighted by Crippen LogP contribution is -2.13. The Labute approximate surface area is 108 Å². The predicted molar refractivity (Wildman–Crippen MR) is 78.6 cm³/mol. The third-order valence-electron chi connectivity index (χ3n) is 2.74. The van der Waals surface area contributed by atoms with E-state index in [2.05, 4.69) is 57.3 Å². The Morgan fingerprint density at radius 3 is 2.06 bits per heavy atom. The van der Waals surface area contributed by atoms with E-state index >= 15 is 0 Å². The Morgan fingerprint density at radius 1 is 0.941 bits per heavy atom. The minimum absolute atomic E-state index is 1.11. The molecule has 1 N–H and O–H groups in total. The van der Waals surface area contributed by atoms with Crippen LogP contribution in [0.15, 0.2) is 24.3 Å². The summed E-state index contributed by atoms with van der Waals surface area (Å²) in [6.45, 7) is 11.0. The van der Waals surface area contributed by atoms with Crippen molar-refractivity contribution in [3.05, 3.63) is 35.4 Å². The van der Waals surface area contributed by atoms with Crippen molar-refractivity contribution in [2.24, 2.45) is 0 Å². The van der Waals surface area contributed by atoms with Crippen molar-refractivity contribution in [1.82, 2.24) is 5.32 Å². The molecule has 0 spiro atoms. The van der Waals surface area contributed by atoms with Gasteiger partial charge in [0.2, 0.25) is 0 Å². The predicted octanol–water partition coefficient (Wildman–Crippen LogP) is 4.34. The zero-order valence-corrected chi connectivity index (χ0v) is 12.1. The molecule has 0 aliphatic heterocycles. The molecule has 1 rings (SSSR count). The lowest BCUT2D eigenvalue weighted by molar-refractivity contribution is 0.633. The highest BCUT2D eigenvalue weighted by atomic mass is 14.8. The molecule has 1 heteroatoms. The van der Waals surface area contributed by atoms with E-state index in [0.717, 1.165) is 13.0 Å². The molecule has 0 unspecified atom stereocenters. The number of aryl methyl sites for hydroxylation is 2. The topological polar surface area (TPSA) is 12.0 Å². The fourth-order valence-electron chi connectivity index (χ4n) is 1.50. The molecule has 0 atom stereocenters. The van der Waals surface area contributed by atoms with Crippen LogP contribution < -0.4 is 5.32 Å². The van der Waals surface area contributed by atoms with Gasteiger partial charge in [0.1, 0.15) is 0 Å². The van der Waals surface area contributed by atoms with Crippen LogP contribution in [0, 0.1) is 6.92 Å². The Balaban J connectivity index is 0.000000304. The zero-order chi connectivity index (χ0) is 12.9. The van der Waals surface area contributed by atoms with Crippen LogP contribution in [-0.4, -0.2) is 13.1 Å². The number of unbranched alkanes of at least 4 members (excludes halogenated alkanes) is 2. The van der Waals surface area contributed by atoms with E-state index in [1.54, 1.807) is 0 Å². The van der Waals surface area contributed by atoms with E-state index in [-0.39, 0.29) is 0 Å². The highest BCUT2D eigenvalue weighted by molar-refractivity contribution is 5.20. The third kappa shape index (κ3) is 10.1. The quantitative estimate of drug-likeness (QED) is 0.723. The first-order valence-electron chi connectivity index (χ1n) is 7.00. The zero-order valence-electron chi connectivity index (χ0n) is 12.1. The summed E-state index contributed by atoms with van der Waals surface area (Å²) in [4.78, 5) is 0. The summed E-state index contributed by atoms with van der Waals surface area (Å²) >= 11 is 0. The normalized spacial score (nSPS) is 9.65. The van der Waals surface area contributed by atoms with E-state index in [9.17, 15) is 0 Å². The van der Waals surface area contributed by atoms with E-state index < -0.39 is 0 Å². The second kappa shape index (κ2) is 11.7. The molecule has 1 nitrogen and oxygen atoms in total. The van der Waals surface area contributed by atoms with Gasteiger partial charge in [-0.1, -0.05) is 63.4 Å². The molecule has 17 heavy (non-hydrogen) atoms. The number of hydrogen-bond donors (Lipinski definition) is 1. The van der Waals surface area contributed by atoms with Gasteiger partial charge in [0.05, 0.1) is 0 Å². The maximum atomic E-state index is 3.28. The maximum Gasteiger partial charge on any atom is -0.00490 e. The fraction of sp³-hybridized carbons (Fsp3) is 0.625. The average molecular weight is 235 g/mol. The Morgan fingerprint density at radius 2 is 1.59 bits per heavy atom. The second-order valence-corrected chi connectivity index (χ2v) is 4.40. The third-order valence-corrected chi connectivity index (χ3v) is 2.74. The van der Waals surface area contributed by atoms with Crippen LogP contribution in [-0.2, 0) is 6.42 Å². The number of rotatable bonds is 6. The minimum Gasteiger partial charge on any atom is -0.317 e. The van der Waals surface area contributed by atoms with Crippen molar-refractivity contribution in [3.63, 3.8) is 0 Å². The Hall–Kier alpha value is -0.820. The van der Waals surface area contributed by atoms with E-state index in [4.69, 9.17) is 0 Å². The first-order valence-corrected chi connectivity index (χ1v) is 7.00. The van der Waals surface area contributed by atoms with Gasteiger partial charge in [-0.2, -0.15) is 0 Å². The molecule has 0 aliphatic carbocycles. The van der Waals surface area contributed by atoms with Crippen LogP contribution in [0.25, 0.3) is 0 Å². The minimum atomic E-state index is 1.11. The summed E-state index contributed by atoms with van der Waals surface area (Å²) in [5.41, 5.74) is 2.76. The molecular formula is C16H29N. The van der Waals surface area contributed by atoms with E-state index in [1.807, 2.05) is 0 Å². The van der Waals surface area contributed by atoms with E-state index in [0.29, 0.717) is 0 Å². The van der Waals surface area contributed by atoms with Crippen LogP contribution in [0.1, 0.15) is 51.2 Å². The van der Waals surface area contributed by atoms with Crippen LogP contribution in [0.5, 0.6) is 0 Å². The summed E-state index contributed by atoms with van der Waals surface area (Å²) in [6, 6.07) is 8.66. The van der Waals surface area contributed by atoms with Crippen molar-refractivity contribution >= 4 is 0 Å². The van der Waals surface area contributed by atoms with Gasteiger partial charge in [-0.05, 0) is 38.4 Å². The van der Waals surface area contributed by atoms with E-state index in [1.165, 1.54) is 36.9 Å². The molecule has 0 amide bonds. The van der Waals surface area contributed by atoms with Gasteiger partial charge in [-0.25, -0.2) is 0 Å². The molecule has 1 aromatic carbocycles. The van der Waals surface area contributed by atoms with Crippen molar-refractivity contribution in [3.8, 4) is 0 Å². The highest BCUT2D eigenvalue weighted by Crippen LogP contribution is 2.02. The Bertz CT molecular complexity index is 245. The molecule has 0 radical (unpaired) electrons. The molecule has 0 bridgehead atoms. The first-order chi connectivity index (χ1) is 8.24. The summed E-state index contributed by atoms with van der Waals surface area (Å²) in [6.07, 6.45) is 5.17. The highest BCUT2D eigenvalue weighted by Gasteiger charge is 1.85. The molecule has 0 saturated heterocycles. The fourth-order valence-corrected chi connectivity index (χ4v) is 1.50. The number of benzene rings is 1. The lowest BCUT2D eigenvalue weighted by atomic mass is 10.1. The van der Waals surface area contributed by atoms with Crippen LogP contribution in [0.4, 0.5) is 0 Å². The van der Waals surface area contributed by atoms with Crippen LogP contribution >= 0.6 is 0 Å². The molecule has 0 saturated carbocycles. The van der Waals surface area contributed by atoms with Gasteiger partial charge < -0.3 is 5.32 Å². The second-order valence-electron chi connectivity index (χ2n) is 4.40. The lowest BCUT2D eigenvalue weighted by Gasteiger charge is -1.97. The number of hydrogen-bond acceptors (Lipinski definition) is 1. The van der Waals surface area contributed by atoms with Gasteiger partial charge in [-0.15, -0.1) is 0 Å². The SMILES string of the molecule is CCCCCNCC.CCc1ccc(C)cc1. The van der Waals surface area contributed by atoms with Gasteiger partial charge in [-0.3, -0.25) is 0 Å². The first kappa shape index (κ1) is 16.2. The van der Waals surface area contributed by atoms with Crippen molar-refractivity contribution in [2.45, 2.75) is 53.4 Å². The molecule has 0 aromatic heterocycles. The summed E-state index contributed by atoms with van der Waals surface area (Å²) in [5, 5.41) is 3.28. The van der Waals surface area contributed by atoms with Crippen molar-refractivity contribution in [2.75, 3.05) is 13.1 Å². The standard InChI is InChI=1S/C9H12.C7H17N/c1-3-9-6-4-8(2)5-7-9;1-3-5-6-7-8-4-2/h4-7H,3H2,1-2H3;8H,3-7H2,1-2H3. The monoisotopic (exact) mass is 235 g/mol. The molecule has 1 aromatic rings. The Kier molecular flexibility index (Phi) is 11.1. The van der Waals surface area contributed by atoms with Crippen molar-refractivity contribution in [1.29, 1.82) is 0 Å². The molecule has 98 valence electrons. The molecular weight excluding hydrogens is 206 g/mol. The number of nitrogens with one attached hydrogen (secondary N) is 1. The smallest absolute Gasteiger partial charge is 0.00490 e. The van der Waals surface area contributed by atoms with Crippen LogP contribution in [0.3, 0.4) is 0 Å². The molecule has 0 fully saturated rings. The van der Waals surface area contributed by atoms with Gasteiger partial charge in [0.15, 0.2) is 0 Å². The molecule has 0 heterocycles. The van der Waals surface area contributed by atoms with Gasteiger partial charge in [0, 0.05) is 0 Å².